The van der Waals surface area contributed by atoms with Crippen LogP contribution in [0.15, 0.2) is 27.1 Å². The number of urea groups is 1. The van der Waals surface area contributed by atoms with E-state index < -0.39 is 5.97 Å². The fraction of sp³-hybridized carbons (Fsp3) is 0.333. The number of aliphatic carboxylic acids is 1. The third-order valence-electron chi connectivity index (χ3n) is 2.46. The number of hydrogen-bond acceptors (Lipinski definition) is 2. The highest BCUT2D eigenvalue weighted by atomic mass is 79.9. The van der Waals surface area contributed by atoms with Gasteiger partial charge in [0.2, 0.25) is 0 Å². The summed E-state index contributed by atoms with van der Waals surface area (Å²) in [5.41, 5.74) is 0.626. The average molecular weight is 394 g/mol. The van der Waals surface area contributed by atoms with E-state index >= 15 is 0 Å². The van der Waals surface area contributed by atoms with Gasteiger partial charge in [0.05, 0.1) is 12.1 Å². The maximum atomic E-state index is 12.0. The van der Waals surface area contributed by atoms with Gasteiger partial charge < -0.3 is 15.3 Å². The first-order chi connectivity index (χ1) is 8.95. The van der Waals surface area contributed by atoms with Crippen LogP contribution in [0.3, 0.4) is 0 Å². The summed E-state index contributed by atoms with van der Waals surface area (Å²) in [6.07, 6.45) is -0.0710. The van der Waals surface area contributed by atoms with Crippen molar-refractivity contribution in [2.45, 2.75) is 13.3 Å². The van der Waals surface area contributed by atoms with Crippen LogP contribution in [-0.4, -0.2) is 35.1 Å². The van der Waals surface area contributed by atoms with Gasteiger partial charge in [-0.25, -0.2) is 4.79 Å². The molecule has 0 saturated heterocycles. The molecule has 0 radical (unpaired) electrons. The van der Waals surface area contributed by atoms with Gasteiger partial charge in [-0.2, -0.15) is 0 Å². The van der Waals surface area contributed by atoms with Crippen molar-refractivity contribution in [3.8, 4) is 0 Å². The van der Waals surface area contributed by atoms with E-state index in [1.54, 1.807) is 6.92 Å². The van der Waals surface area contributed by atoms with E-state index in [2.05, 4.69) is 37.2 Å². The monoisotopic (exact) mass is 392 g/mol. The van der Waals surface area contributed by atoms with Gasteiger partial charge in [-0.1, -0.05) is 6.07 Å². The lowest BCUT2D eigenvalue weighted by atomic mass is 10.3. The van der Waals surface area contributed by atoms with Crippen molar-refractivity contribution in [2.75, 3.05) is 18.4 Å². The van der Waals surface area contributed by atoms with Gasteiger partial charge in [0, 0.05) is 22.0 Å². The van der Waals surface area contributed by atoms with Crippen molar-refractivity contribution in [2.24, 2.45) is 0 Å². The number of carbonyl (C=O) groups is 2. The summed E-state index contributed by atoms with van der Waals surface area (Å²) in [4.78, 5) is 24.0. The summed E-state index contributed by atoms with van der Waals surface area (Å²) < 4.78 is 1.51. The molecule has 1 aromatic rings. The van der Waals surface area contributed by atoms with Gasteiger partial charge in [-0.3, -0.25) is 4.79 Å². The number of nitrogens with one attached hydrogen (secondary N) is 1. The number of nitrogens with zero attached hydrogens (tertiary/aromatic N) is 1. The van der Waals surface area contributed by atoms with E-state index in [0.29, 0.717) is 12.2 Å². The summed E-state index contributed by atoms with van der Waals surface area (Å²) in [6, 6.07) is 5.14. The zero-order valence-electron chi connectivity index (χ0n) is 10.3. The summed E-state index contributed by atoms with van der Waals surface area (Å²) >= 11 is 6.70. The van der Waals surface area contributed by atoms with Crippen molar-refractivity contribution >= 4 is 49.5 Å². The first-order valence-corrected chi connectivity index (χ1v) is 7.26. The zero-order chi connectivity index (χ0) is 14.4. The third-order valence-corrected chi connectivity index (χ3v) is 3.78. The molecule has 5 nitrogen and oxygen atoms in total. The molecule has 0 spiro atoms. The van der Waals surface area contributed by atoms with Crippen molar-refractivity contribution in [3.63, 3.8) is 0 Å². The van der Waals surface area contributed by atoms with Crippen LogP contribution < -0.4 is 5.32 Å². The fourth-order valence-corrected chi connectivity index (χ4v) is 2.63. The van der Waals surface area contributed by atoms with Crippen molar-refractivity contribution in [1.29, 1.82) is 0 Å². The molecule has 0 heterocycles. The Kier molecular flexibility index (Phi) is 6.30. The molecule has 2 amide bonds. The van der Waals surface area contributed by atoms with E-state index in [9.17, 15) is 9.59 Å². The molecule has 0 bridgehead atoms. The Hall–Kier alpha value is -1.08. The topological polar surface area (TPSA) is 69.6 Å². The molecule has 0 saturated carbocycles. The zero-order valence-corrected chi connectivity index (χ0v) is 13.5. The normalized spacial score (nSPS) is 10.1. The molecular formula is C12H14Br2N2O3. The molecule has 1 aromatic carbocycles. The molecule has 0 aromatic heterocycles. The van der Waals surface area contributed by atoms with Crippen molar-refractivity contribution < 1.29 is 14.7 Å². The smallest absolute Gasteiger partial charge is 0.321 e. The highest BCUT2D eigenvalue weighted by molar-refractivity contribution is 9.11. The predicted octanol–water partition coefficient (Wildman–Crippen LogP) is 3.54. The Balaban J connectivity index is 2.74. The third kappa shape index (κ3) is 4.83. The molecule has 0 aliphatic carbocycles. The number of benzene rings is 1. The molecule has 0 aliphatic rings. The van der Waals surface area contributed by atoms with E-state index in [0.717, 1.165) is 8.95 Å². The molecule has 104 valence electrons. The number of carboxylic acid groups (broad SMARTS) is 1. The van der Waals surface area contributed by atoms with Crippen LogP contribution in [0.25, 0.3) is 0 Å². The minimum atomic E-state index is -0.923. The molecule has 0 atom stereocenters. The van der Waals surface area contributed by atoms with Crippen LogP contribution in [0.2, 0.25) is 0 Å². The molecule has 2 N–H and O–H groups in total. The molecular weight excluding hydrogens is 380 g/mol. The minimum absolute atomic E-state index is 0.0710. The second-order valence-electron chi connectivity index (χ2n) is 3.75. The van der Waals surface area contributed by atoms with Gasteiger partial charge in [0.25, 0.3) is 0 Å². The number of rotatable bonds is 5. The quantitative estimate of drug-likeness (QED) is 0.803. The van der Waals surface area contributed by atoms with Crippen LogP contribution in [0.1, 0.15) is 13.3 Å². The molecule has 0 unspecified atom stereocenters. The Bertz CT molecular complexity index is 460. The summed E-state index contributed by atoms with van der Waals surface area (Å²) in [6.45, 7) is 2.43. The van der Waals surface area contributed by atoms with Gasteiger partial charge in [-0.15, -0.1) is 0 Å². The molecule has 1 rings (SSSR count). The summed E-state index contributed by atoms with van der Waals surface area (Å²) in [5, 5.41) is 11.4. The highest BCUT2D eigenvalue weighted by Gasteiger charge is 2.15. The molecule has 0 fully saturated rings. The Morgan fingerprint density at radius 2 is 1.89 bits per heavy atom. The first-order valence-electron chi connectivity index (χ1n) is 5.67. The largest absolute Gasteiger partial charge is 0.481 e. The van der Waals surface area contributed by atoms with Crippen molar-refractivity contribution in [3.05, 3.63) is 27.1 Å². The number of amides is 2. The molecule has 19 heavy (non-hydrogen) atoms. The SMILES string of the molecule is CCN(CCC(=O)O)C(=O)Nc1c(Br)cccc1Br. The Labute approximate surface area is 128 Å². The minimum Gasteiger partial charge on any atom is -0.481 e. The first kappa shape index (κ1) is 16.0. The standard InChI is InChI=1S/C12H14Br2N2O3/c1-2-16(7-6-10(17)18)12(19)15-11-8(13)4-3-5-9(11)14/h3-5H,2,6-7H2,1H3,(H,15,19)(H,17,18). The lowest BCUT2D eigenvalue weighted by molar-refractivity contribution is -0.137. The number of carbonyl (C=O) groups excluding carboxylic acids is 1. The van der Waals surface area contributed by atoms with Gasteiger partial charge in [0.1, 0.15) is 0 Å². The predicted molar refractivity (Wildman–Crippen MR) is 80.4 cm³/mol. The second-order valence-corrected chi connectivity index (χ2v) is 5.46. The number of hydrogen-bond donors (Lipinski definition) is 2. The van der Waals surface area contributed by atoms with Gasteiger partial charge in [-0.05, 0) is 50.9 Å². The number of anilines is 1. The van der Waals surface area contributed by atoms with Crippen LogP contribution in [0.4, 0.5) is 10.5 Å². The average Bonchev–Trinajstić information content (AvgIpc) is 2.34. The summed E-state index contributed by atoms with van der Waals surface area (Å²) in [7, 11) is 0. The Morgan fingerprint density at radius 3 is 2.37 bits per heavy atom. The van der Waals surface area contributed by atoms with E-state index in [1.807, 2.05) is 18.2 Å². The van der Waals surface area contributed by atoms with Crippen LogP contribution in [0, 0.1) is 0 Å². The maximum absolute atomic E-state index is 12.0. The number of carboxylic acids is 1. The van der Waals surface area contributed by atoms with Crippen molar-refractivity contribution in [1.82, 2.24) is 4.90 Å². The van der Waals surface area contributed by atoms with E-state index in [-0.39, 0.29) is 19.0 Å². The molecule has 0 aliphatic heterocycles. The number of para-hydroxylation sites is 1. The summed E-state index contributed by atoms with van der Waals surface area (Å²) in [5.74, 6) is -0.923. The highest BCUT2D eigenvalue weighted by Crippen LogP contribution is 2.30. The van der Waals surface area contributed by atoms with E-state index in [1.165, 1.54) is 4.90 Å². The van der Waals surface area contributed by atoms with E-state index in [4.69, 9.17) is 5.11 Å². The molecule has 7 heteroatoms. The Morgan fingerprint density at radius 1 is 1.32 bits per heavy atom. The number of halogens is 2. The second kappa shape index (κ2) is 7.49. The maximum Gasteiger partial charge on any atom is 0.321 e. The lowest BCUT2D eigenvalue weighted by Crippen LogP contribution is -2.36. The lowest BCUT2D eigenvalue weighted by Gasteiger charge is -2.21. The fourth-order valence-electron chi connectivity index (χ4n) is 1.44. The van der Waals surface area contributed by atoms with Crippen LogP contribution in [0.5, 0.6) is 0 Å². The van der Waals surface area contributed by atoms with Crippen LogP contribution >= 0.6 is 31.9 Å². The van der Waals surface area contributed by atoms with Gasteiger partial charge >= 0.3 is 12.0 Å². The van der Waals surface area contributed by atoms with Crippen LogP contribution in [-0.2, 0) is 4.79 Å². The van der Waals surface area contributed by atoms with Gasteiger partial charge in [0.15, 0.2) is 0 Å².